The maximum atomic E-state index is 12.9. The van der Waals surface area contributed by atoms with Crippen molar-refractivity contribution in [2.45, 2.75) is 46.8 Å². The Balaban J connectivity index is 1.73. The molecule has 2 amide bonds. The van der Waals surface area contributed by atoms with Crippen molar-refractivity contribution in [1.29, 1.82) is 0 Å². The Morgan fingerprint density at radius 3 is 2.29 bits per heavy atom. The van der Waals surface area contributed by atoms with E-state index in [1.165, 1.54) is 0 Å². The van der Waals surface area contributed by atoms with Crippen molar-refractivity contribution in [2.24, 2.45) is 0 Å². The van der Waals surface area contributed by atoms with Gasteiger partial charge in [-0.3, -0.25) is 4.90 Å². The number of amides is 2. The Bertz CT molecular complexity index is 949. The van der Waals surface area contributed by atoms with Gasteiger partial charge in [-0.25, -0.2) is 9.59 Å². The van der Waals surface area contributed by atoms with Crippen LogP contribution in [0, 0.1) is 13.8 Å². The van der Waals surface area contributed by atoms with Crippen LogP contribution < -0.4 is 9.64 Å². The fraction of sp³-hybridized carbons (Fsp3) is 0.417. The predicted octanol–water partition coefficient (Wildman–Crippen LogP) is 5.12. The molecular weight excluding hydrogens is 416 g/mol. The zero-order valence-electron chi connectivity index (χ0n) is 18.7. The first-order valence-corrected chi connectivity index (χ1v) is 10.8. The van der Waals surface area contributed by atoms with Gasteiger partial charge in [-0.1, -0.05) is 23.7 Å². The highest BCUT2D eigenvalue weighted by molar-refractivity contribution is 6.30. The summed E-state index contributed by atoms with van der Waals surface area (Å²) in [4.78, 5) is 28.7. The summed E-state index contributed by atoms with van der Waals surface area (Å²) >= 11 is 5.96. The Morgan fingerprint density at radius 2 is 1.71 bits per heavy atom. The number of carbonyl (C=O) groups excluding carboxylic acids is 2. The topological polar surface area (TPSA) is 59.1 Å². The number of urea groups is 1. The molecule has 0 aliphatic carbocycles. The highest BCUT2D eigenvalue weighted by Gasteiger charge is 2.33. The van der Waals surface area contributed by atoms with E-state index in [0.29, 0.717) is 37.0 Å². The third-order valence-corrected chi connectivity index (χ3v) is 5.50. The number of rotatable bonds is 7. The number of anilines is 1. The van der Waals surface area contributed by atoms with Gasteiger partial charge in [-0.05, 0) is 75.6 Å². The second-order valence-electron chi connectivity index (χ2n) is 8.22. The van der Waals surface area contributed by atoms with E-state index >= 15 is 0 Å². The number of hydrogen-bond acceptors (Lipinski definition) is 4. The second-order valence-corrected chi connectivity index (χ2v) is 8.66. The van der Waals surface area contributed by atoms with Crippen LogP contribution in [0.4, 0.5) is 10.5 Å². The van der Waals surface area contributed by atoms with E-state index in [2.05, 4.69) is 0 Å². The number of ether oxygens (including phenoxy) is 2. The molecular formula is C24H29ClN2O4. The van der Waals surface area contributed by atoms with E-state index in [-0.39, 0.29) is 6.03 Å². The Hall–Kier alpha value is -2.73. The van der Waals surface area contributed by atoms with Crippen molar-refractivity contribution in [1.82, 2.24) is 4.90 Å². The van der Waals surface area contributed by atoms with Gasteiger partial charge in [0.2, 0.25) is 0 Å². The second kappa shape index (κ2) is 9.18. The first-order chi connectivity index (χ1) is 14.6. The van der Waals surface area contributed by atoms with Gasteiger partial charge in [0.25, 0.3) is 0 Å². The van der Waals surface area contributed by atoms with E-state index < -0.39 is 11.6 Å². The monoisotopic (exact) mass is 444 g/mol. The lowest BCUT2D eigenvalue weighted by atomic mass is 10.0. The Morgan fingerprint density at radius 1 is 1.10 bits per heavy atom. The highest BCUT2D eigenvalue weighted by atomic mass is 35.5. The van der Waals surface area contributed by atoms with Crippen LogP contribution in [-0.4, -0.2) is 42.2 Å². The smallest absolute Gasteiger partial charge is 0.349 e. The molecule has 6 nitrogen and oxygen atoms in total. The summed E-state index contributed by atoms with van der Waals surface area (Å²) in [5.41, 5.74) is 2.59. The molecule has 7 heteroatoms. The molecule has 0 aromatic heterocycles. The van der Waals surface area contributed by atoms with E-state index in [4.69, 9.17) is 21.1 Å². The Labute approximate surface area is 188 Å². The molecule has 0 saturated carbocycles. The lowest BCUT2D eigenvalue weighted by Crippen LogP contribution is -2.40. The molecule has 1 saturated heterocycles. The van der Waals surface area contributed by atoms with Gasteiger partial charge in [-0.15, -0.1) is 0 Å². The van der Waals surface area contributed by atoms with Gasteiger partial charge in [0, 0.05) is 30.3 Å². The minimum absolute atomic E-state index is 0.0265. The molecule has 166 valence electrons. The maximum absolute atomic E-state index is 12.9. The third kappa shape index (κ3) is 5.13. The predicted molar refractivity (Wildman–Crippen MR) is 122 cm³/mol. The molecule has 0 radical (unpaired) electrons. The average Bonchev–Trinajstić information content (AvgIpc) is 3.06. The number of nitrogens with zero attached hydrogens (tertiary/aromatic N) is 2. The normalized spacial score (nSPS) is 14.2. The molecule has 1 fully saturated rings. The molecule has 3 rings (SSSR count). The molecule has 2 aromatic rings. The van der Waals surface area contributed by atoms with Crippen molar-refractivity contribution >= 4 is 29.3 Å². The first-order valence-electron chi connectivity index (χ1n) is 10.4. The Kier molecular flexibility index (Phi) is 6.80. The maximum Gasteiger partial charge on any atom is 0.349 e. The number of esters is 1. The lowest BCUT2D eigenvalue weighted by molar-refractivity contribution is -0.158. The summed E-state index contributed by atoms with van der Waals surface area (Å²) in [7, 11) is 0. The molecule has 0 atom stereocenters. The molecule has 1 aliphatic rings. The van der Waals surface area contributed by atoms with Crippen LogP contribution in [-0.2, 0) is 16.1 Å². The van der Waals surface area contributed by atoms with Crippen LogP contribution in [0.25, 0.3) is 0 Å². The zero-order valence-corrected chi connectivity index (χ0v) is 19.5. The molecule has 0 N–H and O–H groups in total. The third-order valence-electron chi connectivity index (χ3n) is 5.25. The van der Waals surface area contributed by atoms with Gasteiger partial charge in [-0.2, -0.15) is 0 Å². The van der Waals surface area contributed by atoms with Crippen molar-refractivity contribution in [2.75, 3.05) is 24.6 Å². The summed E-state index contributed by atoms with van der Waals surface area (Å²) in [6, 6.07) is 11.3. The summed E-state index contributed by atoms with van der Waals surface area (Å²) in [6.45, 7) is 11.1. The molecule has 0 bridgehead atoms. The summed E-state index contributed by atoms with van der Waals surface area (Å²) in [5.74, 6) is 0.264. The van der Waals surface area contributed by atoms with E-state index in [9.17, 15) is 9.59 Å². The molecule has 1 heterocycles. The first kappa shape index (κ1) is 22.9. The number of benzene rings is 2. The van der Waals surface area contributed by atoms with Gasteiger partial charge in [0.05, 0.1) is 6.61 Å². The van der Waals surface area contributed by atoms with Crippen LogP contribution in [0.2, 0.25) is 5.02 Å². The summed E-state index contributed by atoms with van der Waals surface area (Å²) in [5, 5.41) is 0.645. The number of aryl methyl sites for hydroxylation is 2. The van der Waals surface area contributed by atoms with Crippen LogP contribution in [0.1, 0.15) is 37.5 Å². The molecule has 31 heavy (non-hydrogen) atoms. The van der Waals surface area contributed by atoms with E-state index in [1.54, 1.807) is 37.8 Å². The number of carbonyl (C=O) groups is 2. The van der Waals surface area contributed by atoms with Crippen molar-refractivity contribution in [3.63, 3.8) is 0 Å². The van der Waals surface area contributed by atoms with Crippen LogP contribution in [0.15, 0.2) is 36.4 Å². The zero-order chi connectivity index (χ0) is 22.8. The lowest BCUT2D eigenvalue weighted by Gasteiger charge is -2.27. The number of hydrogen-bond donors (Lipinski definition) is 0. The van der Waals surface area contributed by atoms with Gasteiger partial charge < -0.3 is 14.4 Å². The van der Waals surface area contributed by atoms with Gasteiger partial charge >= 0.3 is 12.0 Å². The minimum Gasteiger partial charge on any atom is -0.476 e. The summed E-state index contributed by atoms with van der Waals surface area (Å²) in [6.07, 6.45) is 0. The molecule has 0 spiro atoms. The molecule has 2 aromatic carbocycles. The SMILES string of the molecule is CCOC(=O)C(C)(C)Oc1c(C)cc(CN2CCN(c3ccc(Cl)cc3)C2=O)cc1C. The fourth-order valence-electron chi connectivity index (χ4n) is 3.70. The minimum atomic E-state index is -1.09. The summed E-state index contributed by atoms with van der Waals surface area (Å²) < 4.78 is 11.2. The molecule has 0 unspecified atom stereocenters. The van der Waals surface area contributed by atoms with E-state index in [1.807, 2.05) is 43.0 Å². The quantitative estimate of drug-likeness (QED) is 0.556. The van der Waals surface area contributed by atoms with Crippen LogP contribution >= 0.6 is 11.6 Å². The average molecular weight is 445 g/mol. The molecule has 1 aliphatic heterocycles. The van der Waals surface area contributed by atoms with Crippen molar-refractivity contribution in [3.05, 3.63) is 58.1 Å². The largest absolute Gasteiger partial charge is 0.476 e. The van der Waals surface area contributed by atoms with E-state index in [0.717, 1.165) is 22.4 Å². The van der Waals surface area contributed by atoms with Gasteiger partial charge in [0.1, 0.15) is 5.75 Å². The van der Waals surface area contributed by atoms with Crippen LogP contribution in [0.3, 0.4) is 0 Å². The van der Waals surface area contributed by atoms with Gasteiger partial charge in [0.15, 0.2) is 5.60 Å². The van der Waals surface area contributed by atoms with Crippen molar-refractivity contribution in [3.8, 4) is 5.75 Å². The highest BCUT2D eigenvalue weighted by Crippen LogP contribution is 2.30. The fourth-order valence-corrected chi connectivity index (χ4v) is 3.83. The standard InChI is InChI=1S/C24H29ClN2O4/c1-6-30-22(28)24(4,5)31-21-16(2)13-18(14-17(21)3)15-26-11-12-27(23(26)29)20-9-7-19(25)8-10-20/h7-10,13-14H,6,11-12,15H2,1-5H3. The van der Waals surface area contributed by atoms with Crippen LogP contribution in [0.5, 0.6) is 5.75 Å². The van der Waals surface area contributed by atoms with Crippen molar-refractivity contribution < 1.29 is 19.1 Å². The number of halogens is 1.